The second kappa shape index (κ2) is 9.08. The summed E-state index contributed by atoms with van der Waals surface area (Å²) in [6.07, 6.45) is 4.16. The van der Waals surface area contributed by atoms with E-state index >= 15 is 0 Å². The van der Waals surface area contributed by atoms with Crippen LogP contribution < -0.4 is 0 Å². The molecule has 6 nitrogen and oxygen atoms in total. The molecule has 2 aromatic rings. The second-order valence-electron chi connectivity index (χ2n) is 5.09. The topological polar surface area (TPSA) is 91.1 Å². The predicted molar refractivity (Wildman–Crippen MR) is 96.1 cm³/mol. The number of aromatic nitrogens is 2. The van der Waals surface area contributed by atoms with Gasteiger partial charge in [-0.15, -0.1) is 0 Å². The fraction of sp³-hybridized carbons (Fsp3) is 0.412. The Labute approximate surface area is 145 Å². The first kappa shape index (κ1) is 18.0. The van der Waals surface area contributed by atoms with Gasteiger partial charge in [-0.2, -0.15) is 17.0 Å². The van der Waals surface area contributed by atoms with Crippen LogP contribution in [0.15, 0.2) is 29.3 Å². The average molecular weight is 344 g/mol. The Kier molecular flexibility index (Phi) is 6.82. The molecule has 1 aromatic carbocycles. The van der Waals surface area contributed by atoms with Gasteiger partial charge in [0.05, 0.1) is 23.7 Å². The first-order valence-electron chi connectivity index (χ1n) is 7.72. The number of fused-ring (bicyclic) bond motifs is 1. The zero-order chi connectivity index (χ0) is 17.4. The molecule has 0 aliphatic heterocycles. The average Bonchev–Trinajstić information content (AvgIpc) is 3.02. The fourth-order valence-corrected chi connectivity index (χ4v) is 2.67. The molecule has 1 aromatic heterocycles. The lowest BCUT2D eigenvalue weighted by molar-refractivity contribution is -0.143. The van der Waals surface area contributed by atoms with Crippen LogP contribution >= 0.6 is 11.8 Å². The third kappa shape index (κ3) is 4.59. The fourth-order valence-electron chi connectivity index (χ4n) is 2.21. The number of H-pyrrole nitrogens is 1. The number of aliphatic imine (C=N–C) groups is 1. The van der Waals surface area contributed by atoms with Crippen LogP contribution in [-0.2, 0) is 9.53 Å². The van der Waals surface area contributed by atoms with E-state index in [0.717, 1.165) is 29.0 Å². The number of nitriles is 1. The smallest absolute Gasteiger partial charge is 0.328 e. The van der Waals surface area contributed by atoms with Crippen LogP contribution in [0.2, 0.25) is 0 Å². The molecule has 0 aliphatic rings. The van der Waals surface area contributed by atoms with Crippen molar-refractivity contribution in [3.63, 3.8) is 0 Å². The normalized spacial score (nSPS) is 13.7. The molecule has 0 spiro atoms. The number of imidazole rings is 1. The molecule has 0 radical (unpaired) electrons. The van der Waals surface area contributed by atoms with E-state index in [9.17, 15) is 4.79 Å². The molecule has 126 valence electrons. The van der Waals surface area contributed by atoms with E-state index in [2.05, 4.69) is 15.0 Å². The van der Waals surface area contributed by atoms with Crippen LogP contribution in [0.5, 0.6) is 0 Å². The molecule has 1 N–H and O–H groups in total. The predicted octanol–water partition coefficient (Wildman–Crippen LogP) is 3.13. The molecule has 1 heterocycles. The molecule has 0 unspecified atom stereocenters. The lowest BCUT2D eigenvalue weighted by Crippen LogP contribution is -2.18. The highest BCUT2D eigenvalue weighted by atomic mass is 32.2. The summed E-state index contributed by atoms with van der Waals surface area (Å²) >= 11 is 1.71. The van der Waals surface area contributed by atoms with Gasteiger partial charge in [-0.25, -0.2) is 4.98 Å². The first-order valence-corrected chi connectivity index (χ1v) is 9.12. The second-order valence-corrected chi connectivity index (χ2v) is 6.08. The quantitative estimate of drug-likeness (QED) is 0.587. The van der Waals surface area contributed by atoms with Crippen LogP contribution in [0.3, 0.4) is 0 Å². The van der Waals surface area contributed by atoms with Crippen molar-refractivity contribution in [1.82, 2.24) is 9.97 Å². The van der Waals surface area contributed by atoms with Gasteiger partial charge in [0.2, 0.25) is 0 Å². The number of nitrogens with one attached hydrogen (secondary N) is 1. The zero-order valence-electron chi connectivity index (χ0n) is 13.7. The highest BCUT2D eigenvalue weighted by molar-refractivity contribution is 7.98. The van der Waals surface area contributed by atoms with E-state index in [1.165, 1.54) is 6.21 Å². The number of ether oxygens (including phenoxy) is 1. The number of rotatable bonds is 8. The van der Waals surface area contributed by atoms with E-state index in [0.29, 0.717) is 0 Å². The number of aromatic amines is 1. The van der Waals surface area contributed by atoms with Gasteiger partial charge in [0.1, 0.15) is 11.9 Å². The lowest BCUT2D eigenvalue weighted by atomic mass is 10.2. The Bertz CT molecular complexity index is 717. The number of benzene rings is 1. The van der Waals surface area contributed by atoms with Crippen molar-refractivity contribution in [2.24, 2.45) is 10.9 Å². The van der Waals surface area contributed by atoms with Crippen molar-refractivity contribution in [3.05, 3.63) is 30.1 Å². The number of para-hydroxylation sites is 2. The number of carbonyl (C=O) groups is 1. The molecule has 0 aliphatic carbocycles. The Morgan fingerprint density at radius 1 is 1.54 bits per heavy atom. The van der Waals surface area contributed by atoms with Crippen LogP contribution in [0.25, 0.3) is 11.0 Å². The van der Waals surface area contributed by atoms with E-state index in [4.69, 9.17) is 10.00 Å². The molecule has 0 saturated carbocycles. The number of hydrogen-bond donors (Lipinski definition) is 1. The van der Waals surface area contributed by atoms with E-state index < -0.39 is 11.9 Å². The number of esters is 1. The summed E-state index contributed by atoms with van der Waals surface area (Å²) in [6, 6.07) is 9.45. The van der Waals surface area contributed by atoms with Crippen LogP contribution in [0.1, 0.15) is 25.2 Å². The maximum atomic E-state index is 11.7. The van der Waals surface area contributed by atoms with Gasteiger partial charge in [-0.1, -0.05) is 12.1 Å². The molecule has 0 saturated heterocycles. The summed E-state index contributed by atoms with van der Waals surface area (Å²) in [6.45, 7) is 1.95. The van der Waals surface area contributed by atoms with Crippen molar-refractivity contribution < 1.29 is 9.53 Å². The van der Waals surface area contributed by atoms with Crippen LogP contribution in [0.4, 0.5) is 0 Å². The summed E-state index contributed by atoms with van der Waals surface area (Å²) in [4.78, 5) is 24.0. The summed E-state index contributed by atoms with van der Waals surface area (Å²) in [7, 11) is 0. The SMILES string of the molecule is CCOC(=O)[C@@H](C#N)C=N[C@@H](CCSC)c1nc2ccccc2[nH]1. The monoisotopic (exact) mass is 344 g/mol. The van der Waals surface area contributed by atoms with E-state index in [1.54, 1.807) is 18.7 Å². The largest absolute Gasteiger partial charge is 0.465 e. The molecule has 0 amide bonds. The van der Waals surface area contributed by atoms with E-state index in [-0.39, 0.29) is 12.6 Å². The van der Waals surface area contributed by atoms with Gasteiger partial charge < -0.3 is 9.72 Å². The summed E-state index contributed by atoms with van der Waals surface area (Å²) in [5, 5.41) is 9.13. The Hall–Kier alpha value is -2.33. The lowest BCUT2D eigenvalue weighted by Gasteiger charge is -2.10. The van der Waals surface area contributed by atoms with Gasteiger partial charge in [0.25, 0.3) is 0 Å². The highest BCUT2D eigenvalue weighted by Crippen LogP contribution is 2.23. The minimum atomic E-state index is -0.994. The maximum absolute atomic E-state index is 11.7. The third-order valence-electron chi connectivity index (χ3n) is 3.41. The molecule has 7 heteroatoms. The van der Waals surface area contributed by atoms with E-state index in [1.807, 2.05) is 36.6 Å². The molecular weight excluding hydrogens is 324 g/mol. The molecular formula is C17H20N4O2S. The van der Waals surface area contributed by atoms with Crippen molar-refractivity contribution in [1.29, 1.82) is 5.26 Å². The number of thioether (sulfide) groups is 1. The maximum Gasteiger partial charge on any atom is 0.328 e. The summed E-state index contributed by atoms with van der Waals surface area (Å²) in [5.74, 6) is 0.0699. The molecule has 2 rings (SSSR count). The van der Waals surface area contributed by atoms with Gasteiger partial charge >= 0.3 is 5.97 Å². The standard InChI is InChI=1S/C17H20N4O2S/c1-3-23-17(22)12(10-18)11-19-15(8-9-24-2)16-20-13-6-4-5-7-14(13)21-16/h4-7,11-12,15H,3,8-9H2,1-2H3,(H,20,21)/t12-,15-/m0/s1. The molecule has 2 atom stereocenters. The van der Waals surface area contributed by atoms with Gasteiger partial charge in [-0.05, 0) is 37.5 Å². The molecule has 0 fully saturated rings. The number of nitrogens with zero attached hydrogens (tertiary/aromatic N) is 3. The van der Waals surface area contributed by atoms with Gasteiger partial charge in [0, 0.05) is 6.21 Å². The summed E-state index contributed by atoms with van der Waals surface area (Å²) in [5.41, 5.74) is 1.82. The Morgan fingerprint density at radius 2 is 2.33 bits per heavy atom. The minimum Gasteiger partial charge on any atom is -0.465 e. The number of hydrogen-bond acceptors (Lipinski definition) is 6. The van der Waals surface area contributed by atoms with Gasteiger partial charge in [-0.3, -0.25) is 9.79 Å². The minimum absolute atomic E-state index is 0.227. The van der Waals surface area contributed by atoms with Crippen LogP contribution in [-0.4, -0.2) is 40.8 Å². The zero-order valence-corrected chi connectivity index (χ0v) is 14.5. The molecule has 0 bridgehead atoms. The Morgan fingerprint density at radius 3 is 3.00 bits per heavy atom. The van der Waals surface area contributed by atoms with Crippen LogP contribution in [0, 0.1) is 17.2 Å². The third-order valence-corrected chi connectivity index (χ3v) is 4.06. The molecule has 24 heavy (non-hydrogen) atoms. The van der Waals surface area contributed by atoms with Crippen molar-refractivity contribution in [2.75, 3.05) is 18.6 Å². The highest BCUT2D eigenvalue weighted by Gasteiger charge is 2.19. The Balaban J connectivity index is 2.22. The van der Waals surface area contributed by atoms with Gasteiger partial charge in [0.15, 0.2) is 5.92 Å². The van der Waals surface area contributed by atoms with Crippen molar-refractivity contribution >= 4 is 35.0 Å². The summed E-state index contributed by atoms with van der Waals surface area (Å²) < 4.78 is 4.88. The number of carbonyl (C=O) groups excluding carboxylic acids is 1. The first-order chi connectivity index (χ1) is 11.7. The van der Waals surface area contributed by atoms with Crippen molar-refractivity contribution in [3.8, 4) is 6.07 Å². The van der Waals surface area contributed by atoms with Crippen molar-refractivity contribution in [2.45, 2.75) is 19.4 Å².